The summed E-state index contributed by atoms with van der Waals surface area (Å²) in [5.41, 5.74) is 6.80. The van der Waals surface area contributed by atoms with Crippen molar-refractivity contribution in [1.29, 1.82) is 0 Å². The molecule has 1 aromatic carbocycles. The molecule has 18 heavy (non-hydrogen) atoms. The summed E-state index contributed by atoms with van der Waals surface area (Å²) in [7, 11) is 0. The summed E-state index contributed by atoms with van der Waals surface area (Å²) in [6.07, 6.45) is 0.276. The lowest BCUT2D eigenvalue weighted by atomic mass is 10.2. The molecule has 0 saturated carbocycles. The van der Waals surface area contributed by atoms with E-state index in [0.29, 0.717) is 10.7 Å². The maximum atomic E-state index is 11.5. The van der Waals surface area contributed by atoms with E-state index >= 15 is 0 Å². The van der Waals surface area contributed by atoms with Crippen LogP contribution in [-0.2, 0) is 0 Å². The van der Waals surface area contributed by atoms with Gasteiger partial charge in [-0.25, -0.2) is 4.79 Å². The van der Waals surface area contributed by atoms with Crippen LogP contribution >= 0.6 is 11.6 Å². The number of halogens is 1. The minimum Gasteiger partial charge on any atom is -0.409 e. The van der Waals surface area contributed by atoms with Crippen molar-refractivity contribution in [2.24, 2.45) is 10.9 Å². The lowest BCUT2D eigenvalue weighted by Crippen LogP contribution is -2.31. The molecule has 0 radical (unpaired) electrons. The Morgan fingerprint density at radius 3 is 2.89 bits per heavy atom. The largest absolute Gasteiger partial charge is 0.409 e. The molecule has 0 fully saturated rings. The molecule has 0 aromatic heterocycles. The van der Waals surface area contributed by atoms with Crippen molar-refractivity contribution in [3.8, 4) is 0 Å². The monoisotopic (exact) mass is 270 g/mol. The van der Waals surface area contributed by atoms with Crippen LogP contribution in [0.3, 0.4) is 0 Å². The number of carbonyl (C=O) groups excluding carboxylic acids is 1. The fraction of sp³-hybridized carbons (Fsp3) is 0.273. The molecule has 0 aliphatic rings. The van der Waals surface area contributed by atoms with Crippen LogP contribution < -0.4 is 16.4 Å². The van der Waals surface area contributed by atoms with E-state index in [1.54, 1.807) is 12.1 Å². The molecule has 2 amide bonds. The number of hydrogen-bond acceptors (Lipinski definition) is 3. The third-order valence-electron chi connectivity index (χ3n) is 2.22. The number of amides is 2. The molecule has 1 rings (SSSR count). The van der Waals surface area contributed by atoms with Gasteiger partial charge in [0.1, 0.15) is 5.84 Å². The highest BCUT2D eigenvalue weighted by Gasteiger charge is 2.03. The van der Waals surface area contributed by atoms with Crippen molar-refractivity contribution in [2.45, 2.75) is 13.3 Å². The zero-order valence-electron chi connectivity index (χ0n) is 9.90. The van der Waals surface area contributed by atoms with Crippen molar-refractivity contribution in [1.82, 2.24) is 5.32 Å². The number of carbonyl (C=O) groups is 1. The molecule has 0 bridgehead atoms. The normalized spacial score (nSPS) is 11.1. The van der Waals surface area contributed by atoms with E-state index in [-0.39, 0.29) is 24.8 Å². The molecule has 6 nitrogen and oxygen atoms in total. The predicted molar refractivity (Wildman–Crippen MR) is 71.2 cm³/mol. The molecule has 0 unspecified atom stereocenters. The number of benzene rings is 1. The Labute approximate surface area is 110 Å². The SMILES string of the molecule is Cc1ccc(NC(=O)NCC/C(N)=N/O)cc1Cl. The number of rotatable bonds is 4. The van der Waals surface area contributed by atoms with Gasteiger partial charge in [0.05, 0.1) is 0 Å². The Morgan fingerprint density at radius 1 is 1.56 bits per heavy atom. The van der Waals surface area contributed by atoms with Crippen molar-refractivity contribution < 1.29 is 10.0 Å². The fourth-order valence-electron chi connectivity index (χ4n) is 1.20. The number of nitrogens with zero attached hydrogens (tertiary/aromatic N) is 1. The Bertz CT molecular complexity index is 462. The maximum Gasteiger partial charge on any atom is 0.319 e. The minimum atomic E-state index is -0.374. The maximum absolute atomic E-state index is 11.5. The van der Waals surface area contributed by atoms with Crippen LogP contribution in [0, 0.1) is 6.92 Å². The van der Waals surface area contributed by atoms with Crippen molar-refractivity contribution >= 4 is 29.2 Å². The molecule has 98 valence electrons. The highest BCUT2D eigenvalue weighted by atomic mass is 35.5. The Morgan fingerprint density at radius 2 is 2.28 bits per heavy atom. The summed E-state index contributed by atoms with van der Waals surface area (Å²) in [4.78, 5) is 11.5. The van der Waals surface area contributed by atoms with E-state index in [1.807, 2.05) is 13.0 Å². The predicted octanol–water partition coefficient (Wildman–Crippen LogP) is 1.91. The van der Waals surface area contributed by atoms with Gasteiger partial charge in [-0.2, -0.15) is 0 Å². The van der Waals surface area contributed by atoms with Crippen LogP contribution in [0.5, 0.6) is 0 Å². The number of anilines is 1. The lowest BCUT2D eigenvalue weighted by molar-refractivity contribution is 0.252. The van der Waals surface area contributed by atoms with Gasteiger partial charge in [-0.15, -0.1) is 0 Å². The van der Waals surface area contributed by atoms with E-state index in [4.69, 9.17) is 22.5 Å². The van der Waals surface area contributed by atoms with Gasteiger partial charge in [0.2, 0.25) is 0 Å². The number of urea groups is 1. The molecule has 0 saturated heterocycles. The molecule has 0 heterocycles. The third-order valence-corrected chi connectivity index (χ3v) is 2.63. The molecule has 1 aromatic rings. The van der Waals surface area contributed by atoms with Gasteiger partial charge >= 0.3 is 6.03 Å². The van der Waals surface area contributed by atoms with Crippen LogP contribution in [0.15, 0.2) is 23.4 Å². The molecule has 7 heteroatoms. The third kappa shape index (κ3) is 4.50. The second-order valence-corrected chi connectivity index (χ2v) is 4.09. The molecular formula is C11H15ClN4O2. The zero-order valence-corrected chi connectivity index (χ0v) is 10.7. The van der Waals surface area contributed by atoms with Gasteiger partial charge in [-0.1, -0.05) is 22.8 Å². The first-order chi connectivity index (χ1) is 8.52. The van der Waals surface area contributed by atoms with Gasteiger partial charge in [0.25, 0.3) is 0 Å². The van der Waals surface area contributed by atoms with Gasteiger partial charge in [0, 0.05) is 23.7 Å². The molecule has 0 aliphatic heterocycles. The molecule has 0 atom stereocenters. The summed E-state index contributed by atoms with van der Waals surface area (Å²) in [6, 6.07) is 4.86. The summed E-state index contributed by atoms with van der Waals surface area (Å²) < 4.78 is 0. The van der Waals surface area contributed by atoms with E-state index in [9.17, 15) is 4.79 Å². The van der Waals surface area contributed by atoms with Crippen LogP contribution in [0.1, 0.15) is 12.0 Å². The summed E-state index contributed by atoms with van der Waals surface area (Å²) >= 11 is 5.93. The van der Waals surface area contributed by atoms with Gasteiger partial charge < -0.3 is 21.6 Å². The van der Waals surface area contributed by atoms with E-state index in [1.165, 1.54) is 0 Å². The van der Waals surface area contributed by atoms with Gasteiger partial charge in [-0.3, -0.25) is 0 Å². The summed E-state index contributed by atoms with van der Waals surface area (Å²) in [5, 5.41) is 16.9. The quantitative estimate of drug-likeness (QED) is 0.291. The number of nitrogens with one attached hydrogen (secondary N) is 2. The topological polar surface area (TPSA) is 99.7 Å². The van der Waals surface area contributed by atoms with Crippen LogP contribution in [0.25, 0.3) is 0 Å². The van der Waals surface area contributed by atoms with Gasteiger partial charge in [0.15, 0.2) is 0 Å². The molecule has 0 aliphatic carbocycles. The lowest BCUT2D eigenvalue weighted by Gasteiger charge is -2.08. The molecule has 0 spiro atoms. The Hall–Kier alpha value is -1.95. The first-order valence-corrected chi connectivity index (χ1v) is 5.68. The zero-order chi connectivity index (χ0) is 13.5. The van der Waals surface area contributed by atoms with E-state index in [0.717, 1.165) is 5.56 Å². The number of aryl methyl sites for hydroxylation is 1. The highest BCUT2D eigenvalue weighted by molar-refractivity contribution is 6.31. The summed E-state index contributed by atoms with van der Waals surface area (Å²) in [6.45, 7) is 2.16. The van der Waals surface area contributed by atoms with Gasteiger partial charge in [-0.05, 0) is 24.6 Å². The van der Waals surface area contributed by atoms with Crippen LogP contribution in [0.4, 0.5) is 10.5 Å². The number of nitrogens with two attached hydrogens (primary N) is 1. The first-order valence-electron chi connectivity index (χ1n) is 5.30. The second-order valence-electron chi connectivity index (χ2n) is 3.69. The molecule has 5 N–H and O–H groups in total. The average Bonchev–Trinajstić information content (AvgIpc) is 2.33. The second kappa shape index (κ2) is 6.70. The summed E-state index contributed by atoms with van der Waals surface area (Å²) in [5.74, 6) is 0.0636. The van der Waals surface area contributed by atoms with Crippen molar-refractivity contribution in [3.05, 3.63) is 28.8 Å². The van der Waals surface area contributed by atoms with Crippen molar-refractivity contribution in [2.75, 3.05) is 11.9 Å². The molecular weight excluding hydrogens is 256 g/mol. The van der Waals surface area contributed by atoms with Crippen LogP contribution in [0.2, 0.25) is 5.02 Å². The highest BCUT2D eigenvalue weighted by Crippen LogP contribution is 2.19. The van der Waals surface area contributed by atoms with Crippen molar-refractivity contribution in [3.63, 3.8) is 0 Å². The Kier molecular flexibility index (Phi) is 5.26. The fourth-order valence-corrected chi connectivity index (χ4v) is 1.38. The Balaban J connectivity index is 2.42. The average molecular weight is 271 g/mol. The smallest absolute Gasteiger partial charge is 0.319 e. The first kappa shape index (κ1) is 14.1. The standard InChI is InChI=1S/C11H15ClN4O2/c1-7-2-3-8(6-9(7)12)15-11(17)14-5-4-10(13)16-18/h2-3,6,18H,4-5H2,1H3,(H2,13,16)(H2,14,15,17). The number of hydrogen-bond donors (Lipinski definition) is 4. The van der Waals surface area contributed by atoms with Crippen LogP contribution in [-0.4, -0.2) is 23.6 Å². The van der Waals surface area contributed by atoms with E-state index in [2.05, 4.69) is 15.8 Å². The van der Waals surface area contributed by atoms with E-state index < -0.39 is 0 Å². The number of oxime groups is 1. The minimum absolute atomic E-state index is 0.0636. The number of amidine groups is 1.